The molecule has 0 aliphatic rings. The summed E-state index contributed by atoms with van der Waals surface area (Å²) < 4.78 is 0. The molecular formula is C23H21N. The van der Waals surface area contributed by atoms with Gasteiger partial charge in [0.2, 0.25) is 0 Å². The first-order valence-electron chi connectivity index (χ1n) is 8.42. The summed E-state index contributed by atoms with van der Waals surface area (Å²) in [6, 6.07) is 23.7. The fraction of sp³-hybridized carbons (Fsp3) is 0.174. The van der Waals surface area contributed by atoms with Crippen molar-refractivity contribution in [3.05, 3.63) is 78.5 Å². The van der Waals surface area contributed by atoms with Crippen molar-refractivity contribution in [2.45, 2.75) is 26.2 Å². The van der Waals surface area contributed by atoms with E-state index in [-0.39, 0.29) is 5.41 Å². The Hall–Kier alpha value is -2.67. The third-order valence-electron chi connectivity index (χ3n) is 4.66. The van der Waals surface area contributed by atoms with Gasteiger partial charge in [-0.05, 0) is 33.2 Å². The second kappa shape index (κ2) is 5.45. The molecule has 0 bridgehead atoms. The Labute approximate surface area is 143 Å². The van der Waals surface area contributed by atoms with Gasteiger partial charge in [-0.1, -0.05) is 81.4 Å². The van der Waals surface area contributed by atoms with Crippen molar-refractivity contribution in [3.63, 3.8) is 0 Å². The summed E-state index contributed by atoms with van der Waals surface area (Å²) in [5.74, 6) is 0. The molecule has 1 nitrogen and oxygen atoms in total. The number of fused-ring (bicyclic) bond motifs is 3. The molecule has 118 valence electrons. The standard InChI is InChI=1S/C23H21N/c1-23(2,3)21-11-7-10-17-18-14-15-24-22(16-8-5-4-6-9-16)20(18)13-12-19(17)21/h4-15H,1-3H3. The molecule has 3 aromatic carbocycles. The summed E-state index contributed by atoms with van der Waals surface area (Å²) in [5.41, 5.74) is 3.73. The Morgan fingerprint density at radius 1 is 0.625 bits per heavy atom. The summed E-state index contributed by atoms with van der Waals surface area (Å²) in [4.78, 5) is 4.66. The smallest absolute Gasteiger partial charge is 0.0780 e. The van der Waals surface area contributed by atoms with Gasteiger partial charge in [-0.2, -0.15) is 0 Å². The molecule has 0 radical (unpaired) electrons. The molecule has 0 spiro atoms. The SMILES string of the molecule is CC(C)(C)c1cccc2c1ccc1c(-c3ccccc3)nccc12. The molecular weight excluding hydrogens is 290 g/mol. The zero-order valence-corrected chi connectivity index (χ0v) is 14.4. The molecule has 4 aromatic rings. The van der Waals surface area contributed by atoms with Crippen LogP contribution in [0.25, 0.3) is 32.8 Å². The molecule has 1 aromatic heterocycles. The first kappa shape index (κ1) is 14.9. The van der Waals surface area contributed by atoms with Gasteiger partial charge in [0, 0.05) is 17.1 Å². The van der Waals surface area contributed by atoms with E-state index in [0.717, 1.165) is 11.3 Å². The van der Waals surface area contributed by atoms with Crippen molar-refractivity contribution in [2.24, 2.45) is 0 Å². The number of hydrogen-bond donors (Lipinski definition) is 0. The first-order chi connectivity index (χ1) is 11.6. The highest BCUT2D eigenvalue weighted by Gasteiger charge is 2.17. The Bertz CT molecular complexity index is 1020. The molecule has 0 unspecified atom stereocenters. The predicted octanol–water partition coefficient (Wildman–Crippen LogP) is 6.35. The zero-order valence-electron chi connectivity index (χ0n) is 14.4. The topological polar surface area (TPSA) is 12.9 Å². The maximum absolute atomic E-state index is 4.66. The van der Waals surface area contributed by atoms with E-state index in [9.17, 15) is 0 Å². The fourth-order valence-electron chi connectivity index (χ4n) is 3.50. The van der Waals surface area contributed by atoms with Gasteiger partial charge in [-0.25, -0.2) is 0 Å². The first-order valence-corrected chi connectivity index (χ1v) is 8.42. The number of hydrogen-bond acceptors (Lipinski definition) is 1. The second-order valence-corrected chi connectivity index (χ2v) is 7.34. The largest absolute Gasteiger partial charge is 0.256 e. The summed E-state index contributed by atoms with van der Waals surface area (Å²) in [6.07, 6.45) is 1.92. The zero-order chi connectivity index (χ0) is 16.7. The van der Waals surface area contributed by atoms with Crippen molar-refractivity contribution in [1.82, 2.24) is 4.98 Å². The van der Waals surface area contributed by atoms with Gasteiger partial charge in [-0.3, -0.25) is 4.98 Å². The van der Waals surface area contributed by atoms with Gasteiger partial charge < -0.3 is 0 Å². The van der Waals surface area contributed by atoms with Gasteiger partial charge in [0.05, 0.1) is 5.69 Å². The Morgan fingerprint density at radius 3 is 2.08 bits per heavy atom. The van der Waals surface area contributed by atoms with Crippen LogP contribution in [0.4, 0.5) is 0 Å². The van der Waals surface area contributed by atoms with Crippen LogP contribution in [0.15, 0.2) is 72.9 Å². The lowest BCUT2D eigenvalue weighted by molar-refractivity contribution is 0.596. The van der Waals surface area contributed by atoms with E-state index in [1.54, 1.807) is 0 Å². The van der Waals surface area contributed by atoms with E-state index in [4.69, 9.17) is 0 Å². The van der Waals surface area contributed by atoms with Crippen molar-refractivity contribution in [3.8, 4) is 11.3 Å². The lowest BCUT2D eigenvalue weighted by Crippen LogP contribution is -2.11. The number of aromatic nitrogens is 1. The fourth-order valence-corrected chi connectivity index (χ4v) is 3.50. The number of benzene rings is 3. The summed E-state index contributed by atoms with van der Waals surface area (Å²) >= 11 is 0. The molecule has 4 rings (SSSR count). The second-order valence-electron chi connectivity index (χ2n) is 7.34. The van der Waals surface area contributed by atoms with Crippen LogP contribution in [0.2, 0.25) is 0 Å². The predicted molar refractivity (Wildman–Crippen MR) is 103 cm³/mol. The highest BCUT2D eigenvalue weighted by Crippen LogP contribution is 2.36. The normalized spacial score (nSPS) is 12.0. The Kier molecular flexibility index (Phi) is 3.38. The van der Waals surface area contributed by atoms with Crippen molar-refractivity contribution in [2.75, 3.05) is 0 Å². The lowest BCUT2D eigenvalue weighted by Gasteiger charge is -2.22. The van der Waals surface area contributed by atoms with Gasteiger partial charge in [0.25, 0.3) is 0 Å². The Morgan fingerprint density at radius 2 is 1.33 bits per heavy atom. The van der Waals surface area contributed by atoms with Crippen LogP contribution in [-0.4, -0.2) is 4.98 Å². The highest BCUT2D eigenvalue weighted by molar-refractivity contribution is 6.12. The van der Waals surface area contributed by atoms with E-state index >= 15 is 0 Å². The number of rotatable bonds is 1. The number of pyridine rings is 1. The van der Waals surface area contributed by atoms with Gasteiger partial charge >= 0.3 is 0 Å². The monoisotopic (exact) mass is 311 g/mol. The molecule has 24 heavy (non-hydrogen) atoms. The van der Waals surface area contributed by atoms with Crippen LogP contribution in [0.3, 0.4) is 0 Å². The third-order valence-corrected chi connectivity index (χ3v) is 4.66. The Balaban J connectivity index is 2.08. The summed E-state index contributed by atoms with van der Waals surface area (Å²) in [6.45, 7) is 6.82. The highest BCUT2D eigenvalue weighted by atomic mass is 14.7. The van der Waals surface area contributed by atoms with Crippen LogP contribution >= 0.6 is 0 Å². The average molecular weight is 311 g/mol. The minimum atomic E-state index is 0.127. The van der Waals surface area contributed by atoms with Crippen LogP contribution in [-0.2, 0) is 5.41 Å². The molecule has 0 N–H and O–H groups in total. The number of nitrogens with zero attached hydrogens (tertiary/aromatic N) is 1. The van der Waals surface area contributed by atoms with E-state index in [0.29, 0.717) is 0 Å². The van der Waals surface area contributed by atoms with Crippen LogP contribution < -0.4 is 0 Å². The summed E-state index contributed by atoms with van der Waals surface area (Å²) in [5, 5.41) is 5.12. The van der Waals surface area contributed by atoms with E-state index in [1.807, 2.05) is 12.3 Å². The van der Waals surface area contributed by atoms with E-state index < -0.39 is 0 Å². The molecule has 1 heteroatoms. The van der Waals surface area contributed by atoms with Crippen LogP contribution in [0, 0.1) is 0 Å². The molecule has 0 amide bonds. The average Bonchev–Trinajstić information content (AvgIpc) is 2.60. The van der Waals surface area contributed by atoms with Gasteiger partial charge in [0.15, 0.2) is 0 Å². The van der Waals surface area contributed by atoms with E-state index in [2.05, 4.69) is 86.4 Å². The quantitative estimate of drug-likeness (QED) is 0.373. The molecule has 0 aliphatic heterocycles. The van der Waals surface area contributed by atoms with Crippen molar-refractivity contribution < 1.29 is 0 Å². The minimum absolute atomic E-state index is 0.127. The van der Waals surface area contributed by atoms with Crippen molar-refractivity contribution in [1.29, 1.82) is 0 Å². The third kappa shape index (κ3) is 2.37. The molecule has 0 atom stereocenters. The molecule has 1 heterocycles. The molecule has 0 saturated carbocycles. The van der Waals surface area contributed by atoms with Gasteiger partial charge in [0.1, 0.15) is 0 Å². The van der Waals surface area contributed by atoms with Crippen LogP contribution in [0.1, 0.15) is 26.3 Å². The minimum Gasteiger partial charge on any atom is -0.256 e. The van der Waals surface area contributed by atoms with Gasteiger partial charge in [-0.15, -0.1) is 0 Å². The molecule has 0 saturated heterocycles. The molecule has 0 aliphatic carbocycles. The van der Waals surface area contributed by atoms with Crippen LogP contribution in [0.5, 0.6) is 0 Å². The maximum atomic E-state index is 4.66. The van der Waals surface area contributed by atoms with Crippen molar-refractivity contribution >= 4 is 21.5 Å². The lowest BCUT2D eigenvalue weighted by atomic mass is 9.83. The van der Waals surface area contributed by atoms with E-state index in [1.165, 1.54) is 27.1 Å². The maximum Gasteiger partial charge on any atom is 0.0780 e. The summed E-state index contributed by atoms with van der Waals surface area (Å²) in [7, 11) is 0. The molecule has 0 fully saturated rings.